The number of furan rings is 1. The molecule has 1 aliphatic carbocycles. The summed E-state index contributed by atoms with van der Waals surface area (Å²) in [7, 11) is 0. The third-order valence-electron chi connectivity index (χ3n) is 6.03. The molecule has 0 radical (unpaired) electrons. The second-order valence-corrected chi connectivity index (χ2v) is 9.39. The van der Waals surface area contributed by atoms with Crippen LogP contribution in [0.25, 0.3) is 0 Å². The molecule has 2 N–H and O–H groups in total. The van der Waals surface area contributed by atoms with Crippen LogP contribution in [-0.2, 0) is 9.59 Å². The first-order chi connectivity index (χ1) is 15.8. The third kappa shape index (κ3) is 4.04. The van der Waals surface area contributed by atoms with Gasteiger partial charge >= 0.3 is 0 Å². The molecule has 170 valence electrons. The van der Waals surface area contributed by atoms with Crippen LogP contribution in [0.1, 0.15) is 44.3 Å². The maximum absolute atomic E-state index is 13.5. The van der Waals surface area contributed by atoms with Gasteiger partial charge in [-0.15, -0.1) is 0 Å². The topological polar surface area (TPSA) is 101 Å². The number of Topliss-reactive ketones (excluding diaryl/α,β-unsaturated/α-hetero) is 1. The highest BCUT2D eigenvalue weighted by Crippen LogP contribution is 2.48. The lowest BCUT2D eigenvalue weighted by molar-refractivity contribution is -0.119. The average molecular weight is 447 g/mol. The third-order valence-corrected chi connectivity index (χ3v) is 6.03. The van der Waals surface area contributed by atoms with E-state index < -0.39 is 6.04 Å². The van der Waals surface area contributed by atoms with Crippen molar-refractivity contribution < 1.29 is 18.5 Å². The Morgan fingerprint density at radius 2 is 2.06 bits per heavy atom. The lowest BCUT2D eigenvalue weighted by Gasteiger charge is -2.36. The average Bonchev–Trinajstić information content (AvgIpc) is 3.38. The van der Waals surface area contributed by atoms with Crippen molar-refractivity contribution in [2.45, 2.75) is 39.7 Å². The molecule has 0 saturated carbocycles. The van der Waals surface area contributed by atoms with Crippen LogP contribution >= 0.6 is 0 Å². The van der Waals surface area contributed by atoms with Gasteiger partial charge in [0.1, 0.15) is 17.6 Å². The van der Waals surface area contributed by atoms with Crippen molar-refractivity contribution in [3.63, 3.8) is 0 Å². The van der Waals surface area contributed by atoms with Gasteiger partial charge in [-0.2, -0.15) is 0 Å². The molecule has 1 atom stereocenters. The number of aryl methyl sites for hydroxylation is 1. The van der Waals surface area contributed by atoms with E-state index in [4.69, 9.17) is 8.94 Å². The van der Waals surface area contributed by atoms with Gasteiger partial charge in [0, 0.05) is 23.8 Å². The standard InChI is InChI=1S/C25H26N4O4/c1-15-11-21(28-33-15)27-22(31)14-29-18-8-5-4-7-16(18)26-17-12-25(2,3)13-19(30)23(17)24(29)20-9-6-10-32-20/h4-11,24,26H,12-14H2,1-3H3,(H,27,28,31)/t24-/m0/s1. The Morgan fingerprint density at radius 1 is 1.24 bits per heavy atom. The number of hydrogen-bond donors (Lipinski definition) is 2. The van der Waals surface area contributed by atoms with Crippen molar-refractivity contribution in [1.82, 2.24) is 5.16 Å². The van der Waals surface area contributed by atoms with E-state index in [1.807, 2.05) is 35.2 Å². The van der Waals surface area contributed by atoms with Gasteiger partial charge in [0.2, 0.25) is 5.91 Å². The van der Waals surface area contributed by atoms with Crippen LogP contribution in [0.3, 0.4) is 0 Å². The molecule has 2 aromatic heterocycles. The van der Waals surface area contributed by atoms with Gasteiger partial charge in [-0.1, -0.05) is 31.1 Å². The van der Waals surface area contributed by atoms with Gasteiger partial charge in [0.15, 0.2) is 11.6 Å². The number of carbonyl (C=O) groups is 2. The number of para-hydroxylation sites is 2. The van der Waals surface area contributed by atoms with Gasteiger partial charge in [-0.25, -0.2) is 0 Å². The molecule has 3 aromatic rings. The Bertz CT molecular complexity index is 1240. The lowest BCUT2D eigenvalue weighted by Crippen LogP contribution is -2.40. The zero-order valence-electron chi connectivity index (χ0n) is 18.8. The molecule has 2 aliphatic rings. The summed E-state index contributed by atoms with van der Waals surface area (Å²) in [5, 5.41) is 10.2. The summed E-state index contributed by atoms with van der Waals surface area (Å²) in [5.41, 5.74) is 3.01. The Hall–Kier alpha value is -3.81. The molecule has 1 aliphatic heterocycles. The number of nitrogens with zero attached hydrogens (tertiary/aromatic N) is 2. The fraction of sp³-hybridized carbons (Fsp3) is 0.320. The Morgan fingerprint density at radius 3 is 2.79 bits per heavy atom. The number of amides is 1. The summed E-state index contributed by atoms with van der Waals surface area (Å²) < 4.78 is 10.9. The van der Waals surface area contributed by atoms with Crippen LogP contribution in [0.2, 0.25) is 0 Å². The highest BCUT2D eigenvalue weighted by atomic mass is 16.5. The smallest absolute Gasteiger partial charge is 0.245 e. The summed E-state index contributed by atoms with van der Waals surface area (Å²) in [5.74, 6) is 1.35. The molecule has 0 unspecified atom stereocenters. The van der Waals surface area contributed by atoms with Crippen LogP contribution in [0, 0.1) is 12.3 Å². The molecule has 0 fully saturated rings. The molecule has 3 heterocycles. The van der Waals surface area contributed by atoms with Crippen LogP contribution in [0.4, 0.5) is 17.2 Å². The molecule has 0 saturated heterocycles. The maximum atomic E-state index is 13.5. The van der Waals surface area contributed by atoms with Crippen molar-refractivity contribution in [3.8, 4) is 0 Å². The predicted octanol–water partition coefficient (Wildman–Crippen LogP) is 4.83. The van der Waals surface area contributed by atoms with Crippen molar-refractivity contribution >= 4 is 28.9 Å². The molecule has 33 heavy (non-hydrogen) atoms. The Labute approximate surface area is 191 Å². The van der Waals surface area contributed by atoms with Gasteiger partial charge in [0.05, 0.1) is 24.2 Å². The summed E-state index contributed by atoms with van der Waals surface area (Å²) in [6, 6.07) is 12.5. The van der Waals surface area contributed by atoms with Crippen molar-refractivity contribution in [1.29, 1.82) is 0 Å². The number of rotatable bonds is 4. The van der Waals surface area contributed by atoms with Crippen LogP contribution in [-0.4, -0.2) is 23.4 Å². The van der Waals surface area contributed by atoms with Crippen molar-refractivity contribution in [3.05, 3.63) is 71.5 Å². The molecule has 1 amide bonds. The predicted molar refractivity (Wildman–Crippen MR) is 124 cm³/mol. The number of fused-ring (bicyclic) bond motifs is 1. The number of aromatic nitrogens is 1. The quantitative estimate of drug-likeness (QED) is 0.592. The lowest BCUT2D eigenvalue weighted by atomic mass is 9.74. The molecule has 0 spiro atoms. The minimum atomic E-state index is -0.542. The zero-order valence-corrected chi connectivity index (χ0v) is 18.8. The van der Waals surface area contributed by atoms with Crippen molar-refractivity contribution in [2.24, 2.45) is 5.41 Å². The first-order valence-electron chi connectivity index (χ1n) is 11.0. The number of anilines is 3. The largest absolute Gasteiger partial charge is 0.467 e. The molecular formula is C25H26N4O4. The normalized spacial score (nSPS) is 19.4. The molecule has 8 heteroatoms. The van der Waals surface area contributed by atoms with Gasteiger partial charge < -0.3 is 24.5 Å². The Kier molecular flexibility index (Phi) is 5.08. The van der Waals surface area contributed by atoms with Gasteiger partial charge in [0.25, 0.3) is 0 Å². The van der Waals surface area contributed by atoms with E-state index in [0.29, 0.717) is 29.3 Å². The van der Waals surface area contributed by atoms with Crippen LogP contribution in [0.5, 0.6) is 0 Å². The zero-order chi connectivity index (χ0) is 23.2. The van der Waals surface area contributed by atoms with E-state index in [-0.39, 0.29) is 23.7 Å². The first-order valence-corrected chi connectivity index (χ1v) is 11.0. The minimum Gasteiger partial charge on any atom is -0.467 e. The number of nitrogens with one attached hydrogen (secondary N) is 2. The fourth-order valence-corrected chi connectivity index (χ4v) is 4.73. The van der Waals surface area contributed by atoms with Gasteiger partial charge in [-0.05, 0) is 43.0 Å². The highest BCUT2D eigenvalue weighted by molar-refractivity contribution is 6.02. The number of hydrogen-bond acceptors (Lipinski definition) is 7. The van der Waals surface area contributed by atoms with E-state index in [9.17, 15) is 9.59 Å². The number of allylic oxidation sites excluding steroid dienone is 1. The maximum Gasteiger partial charge on any atom is 0.245 e. The summed E-state index contributed by atoms with van der Waals surface area (Å²) >= 11 is 0. The summed E-state index contributed by atoms with van der Waals surface area (Å²) in [6.07, 6.45) is 2.74. The second kappa shape index (κ2) is 7.95. The highest BCUT2D eigenvalue weighted by Gasteiger charge is 2.42. The number of benzene rings is 1. The van der Waals surface area contributed by atoms with E-state index in [0.717, 1.165) is 23.5 Å². The van der Waals surface area contributed by atoms with E-state index >= 15 is 0 Å². The molecule has 8 nitrogen and oxygen atoms in total. The first kappa shape index (κ1) is 21.1. The fourth-order valence-electron chi connectivity index (χ4n) is 4.73. The van der Waals surface area contributed by atoms with E-state index in [1.165, 1.54) is 0 Å². The SMILES string of the molecule is Cc1cc(NC(=O)CN2c3ccccc3NC3=C(C(=O)CC(C)(C)C3)[C@@H]2c2ccco2)no1. The van der Waals surface area contributed by atoms with Crippen LogP contribution in [0.15, 0.2) is 68.9 Å². The van der Waals surface area contributed by atoms with E-state index in [1.54, 1.807) is 25.3 Å². The summed E-state index contributed by atoms with van der Waals surface area (Å²) in [4.78, 5) is 28.5. The van der Waals surface area contributed by atoms with Gasteiger partial charge in [-0.3, -0.25) is 9.59 Å². The summed E-state index contributed by atoms with van der Waals surface area (Å²) in [6.45, 7) is 5.94. The monoisotopic (exact) mass is 446 g/mol. The molecular weight excluding hydrogens is 420 g/mol. The van der Waals surface area contributed by atoms with Crippen LogP contribution < -0.4 is 15.5 Å². The molecule has 0 bridgehead atoms. The Balaban J connectivity index is 1.61. The second-order valence-electron chi connectivity index (χ2n) is 9.39. The van der Waals surface area contributed by atoms with Crippen molar-refractivity contribution in [2.75, 3.05) is 22.1 Å². The molecule has 1 aromatic carbocycles. The number of ketones is 1. The van der Waals surface area contributed by atoms with E-state index in [2.05, 4.69) is 29.6 Å². The minimum absolute atomic E-state index is 0.0105. The number of carbonyl (C=O) groups excluding carboxylic acids is 2. The molecule has 5 rings (SSSR count).